The summed E-state index contributed by atoms with van der Waals surface area (Å²) in [7, 11) is 0. The molecule has 0 aromatic carbocycles. The Morgan fingerprint density at radius 1 is 1.16 bits per heavy atom. The van der Waals surface area contributed by atoms with Gasteiger partial charge in [0.15, 0.2) is 0 Å². The second-order valence-electron chi connectivity index (χ2n) is 7.37. The SMILES string of the molecule is CC(C)c1nc(C2CCC(C(C)(C)C)CC2)c(N)s1. The van der Waals surface area contributed by atoms with E-state index in [2.05, 4.69) is 34.6 Å². The van der Waals surface area contributed by atoms with Gasteiger partial charge < -0.3 is 5.73 Å². The fraction of sp³-hybridized carbons (Fsp3) is 0.812. The summed E-state index contributed by atoms with van der Waals surface area (Å²) in [5.41, 5.74) is 7.83. The van der Waals surface area contributed by atoms with Gasteiger partial charge in [-0.1, -0.05) is 34.6 Å². The van der Waals surface area contributed by atoms with Crippen molar-refractivity contribution in [1.82, 2.24) is 4.98 Å². The van der Waals surface area contributed by atoms with Gasteiger partial charge in [0, 0.05) is 11.8 Å². The minimum absolute atomic E-state index is 0.446. The molecule has 1 aromatic rings. The van der Waals surface area contributed by atoms with E-state index in [1.54, 1.807) is 11.3 Å². The largest absolute Gasteiger partial charge is 0.389 e. The Hall–Kier alpha value is -0.570. The Labute approximate surface area is 121 Å². The van der Waals surface area contributed by atoms with Crippen molar-refractivity contribution < 1.29 is 0 Å². The molecule has 2 N–H and O–H groups in total. The maximum atomic E-state index is 6.19. The van der Waals surface area contributed by atoms with E-state index in [1.807, 2.05) is 0 Å². The Morgan fingerprint density at radius 2 is 1.74 bits per heavy atom. The lowest BCUT2D eigenvalue weighted by Gasteiger charge is -2.36. The first kappa shape index (κ1) is 14.8. The number of aromatic nitrogens is 1. The van der Waals surface area contributed by atoms with Crippen molar-refractivity contribution in [3.8, 4) is 0 Å². The van der Waals surface area contributed by atoms with Gasteiger partial charge in [-0.25, -0.2) is 4.98 Å². The molecule has 0 aliphatic heterocycles. The molecule has 0 atom stereocenters. The van der Waals surface area contributed by atoms with Gasteiger partial charge in [0.25, 0.3) is 0 Å². The summed E-state index contributed by atoms with van der Waals surface area (Å²) in [6.45, 7) is 11.5. The van der Waals surface area contributed by atoms with Crippen LogP contribution >= 0.6 is 11.3 Å². The zero-order chi connectivity index (χ0) is 14.2. The van der Waals surface area contributed by atoms with Gasteiger partial charge in [0.2, 0.25) is 0 Å². The van der Waals surface area contributed by atoms with E-state index in [-0.39, 0.29) is 0 Å². The molecule has 1 heterocycles. The van der Waals surface area contributed by atoms with Crippen LogP contribution in [0.5, 0.6) is 0 Å². The molecule has 108 valence electrons. The van der Waals surface area contributed by atoms with Crippen molar-refractivity contribution in [1.29, 1.82) is 0 Å². The Morgan fingerprint density at radius 3 is 2.16 bits per heavy atom. The normalized spacial score (nSPS) is 24.9. The average Bonchev–Trinajstić information content (AvgIpc) is 2.70. The van der Waals surface area contributed by atoms with Crippen molar-refractivity contribution in [3.05, 3.63) is 10.7 Å². The first-order valence-electron chi connectivity index (χ1n) is 7.55. The molecule has 0 spiro atoms. The van der Waals surface area contributed by atoms with Crippen LogP contribution in [0.2, 0.25) is 0 Å². The van der Waals surface area contributed by atoms with Crippen LogP contribution in [0, 0.1) is 11.3 Å². The van der Waals surface area contributed by atoms with Gasteiger partial charge in [-0.15, -0.1) is 11.3 Å². The number of nitrogens with two attached hydrogens (primary N) is 1. The molecule has 1 aliphatic carbocycles. The van der Waals surface area contributed by atoms with Crippen LogP contribution in [-0.2, 0) is 0 Å². The predicted molar refractivity (Wildman–Crippen MR) is 84.8 cm³/mol. The molecule has 19 heavy (non-hydrogen) atoms. The van der Waals surface area contributed by atoms with Crippen molar-refractivity contribution in [2.24, 2.45) is 11.3 Å². The van der Waals surface area contributed by atoms with Crippen LogP contribution in [0.3, 0.4) is 0 Å². The van der Waals surface area contributed by atoms with E-state index in [9.17, 15) is 0 Å². The third-order valence-corrected chi connectivity index (χ3v) is 5.73. The lowest BCUT2D eigenvalue weighted by atomic mass is 9.69. The highest BCUT2D eigenvalue weighted by atomic mass is 32.1. The monoisotopic (exact) mass is 280 g/mol. The maximum absolute atomic E-state index is 6.19. The van der Waals surface area contributed by atoms with Gasteiger partial charge in [-0.05, 0) is 37.0 Å². The quantitative estimate of drug-likeness (QED) is 0.811. The van der Waals surface area contributed by atoms with Crippen molar-refractivity contribution in [3.63, 3.8) is 0 Å². The Balaban J connectivity index is 2.05. The van der Waals surface area contributed by atoms with E-state index in [4.69, 9.17) is 10.7 Å². The third kappa shape index (κ3) is 3.31. The minimum Gasteiger partial charge on any atom is -0.389 e. The molecule has 0 radical (unpaired) electrons. The third-order valence-electron chi connectivity index (χ3n) is 4.53. The van der Waals surface area contributed by atoms with Gasteiger partial charge in [-0.3, -0.25) is 0 Å². The standard InChI is InChI=1S/C16H28N2S/c1-10(2)15-18-13(14(17)19-15)11-6-8-12(9-7-11)16(3,4)5/h10-12H,6-9,17H2,1-5H3. The number of nitrogen functional groups attached to an aromatic ring is 1. The topological polar surface area (TPSA) is 38.9 Å². The summed E-state index contributed by atoms with van der Waals surface area (Å²) in [5.74, 6) is 1.95. The second-order valence-corrected chi connectivity index (χ2v) is 8.43. The summed E-state index contributed by atoms with van der Waals surface area (Å²) in [4.78, 5) is 4.81. The molecule has 0 bridgehead atoms. The first-order chi connectivity index (χ1) is 8.79. The van der Waals surface area contributed by atoms with Crippen molar-refractivity contribution in [2.75, 3.05) is 5.73 Å². The zero-order valence-electron chi connectivity index (χ0n) is 13.0. The number of rotatable bonds is 2. The molecule has 1 saturated carbocycles. The van der Waals surface area contributed by atoms with E-state index < -0.39 is 0 Å². The lowest BCUT2D eigenvalue weighted by Crippen LogP contribution is -2.25. The zero-order valence-corrected chi connectivity index (χ0v) is 13.8. The molecule has 1 fully saturated rings. The molecular weight excluding hydrogens is 252 g/mol. The molecule has 2 rings (SSSR count). The summed E-state index contributed by atoms with van der Waals surface area (Å²) in [6, 6.07) is 0. The van der Waals surface area contributed by atoms with Crippen LogP contribution in [-0.4, -0.2) is 4.98 Å². The summed E-state index contributed by atoms with van der Waals surface area (Å²) in [5, 5.41) is 2.16. The molecule has 2 nitrogen and oxygen atoms in total. The molecule has 0 saturated heterocycles. The second kappa shape index (κ2) is 5.43. The highest BCUT2D eigenvalue weighted by Crippen LogP contribution is 2.45. The van der Waals surface area contributed by atoms with E-state index in [0.717, 1.165) is 10.9 Å². The number of thiazole rings is 1. The number of nitrogens with zero attached hydrogens (tertiary/aromatic N) is 1. The van der Waals surface area contributed by atoms with E-state index >= 15 is 0 Å². The molecule has 1 aliphatic rings. The van der Waals surface area contributed by atoms with Crippen LogP contribution < -0.4 is 5.73 Å². The molecule has 3 heteroatoms. The number of hydrogen-bond acceptors (Lipinski definition) is 3. The highest BCUT2D eigenvalue weighted by Gasteiger charge is 2.32. The van der Waals surface area contributed by atoms with Gasteiger partial charge in [0.05, 0.1) is 10.7 Å². The smallest absolute Gasteiger partial charge is 0.110 e. The fourth-order valence-corrected chi connectivity index (χ4v) is 4.06. The lowest BCUT2D eigenvalue weighted by molar-refractivity contribution is 0.168. The number of hydrogen-bond donors (Lipinski definition) is 1. The summed E-state index contributed by atoms with van der Waals surface area (Å²) >= 11 is 1.69. The molecule has 1 aromatic heterocycles. The van der Waals surface area contributed by atoms with E-state index in [0.29, 0.717) is 17.3 Å². The van der Waals surface area contributed by atoms with Crippen molar-refractivity contribution in [2.45, 2.75) is 72.1 Å². The molecule has 0 amide bonds. The summed E-state index contributed by atoms with van der Waals surface area (Å²) in [6.07, 6.45) is 5.16. The van der Waals surface area contributed by atoms with Crippen LogP contribution in [0.15, 0.2) is 0 Å². The van der Waals surface area contributed by atoms with Crippen LogP contribution in [0.25, 0.3) is 0 Å². The maximum Gasteiger partial charge on any atom is 0.110 e. The number of anilines is 1. The van der Waals surface area contributed by atoms with E-state index in [1.165, 1.54) is 36.4 Å². The fourth-order valence-electron chi connectivity index (χ4n) is 3.13. The Bertz CT molecular complexity index is 420. The van der Waals surface area contributed by atoms with Crippen LogP contribution in [0.4, 0.5) is 5.00 Å². The van der Waals surface area contributed by atoms with Crippen LogP contribution in [0.1, 0.15) is 82.8 Å². The highest BCUT2D eigenvalue weighted by molar-refractivity contribution is 7.15. The van der Waals surface area contributed by atoms with Gasteiger partial charge in [0.1, 0.15) is 5.00 Å². The van der Waals surface area contributed by atoms with Gasteiger partial charge >= 0.3 is 0 Å². The van der Waals surface area contributed by atoms with Crippen molar-refractivity contribution >= 4 is 16.3 Å². The summed E-state index contributed by atoms with van der Waals surface area (Å²) < 4.78 is 0. The van der Waals surface area contributed by atoms with Gasteiger partial charge in [-0.2, -0.15) is 0 Å². The average molecular weight is 280 g/mol. The predicted octanol–water partition coefficient (Wildman–Crippen LogP) is 5.17. The Kier molecular flexibility index (Phi) is 4.24. The molecular formula is C16H28N2S. The molecule has 0 unspecified atom stereocenters. The first-order valence-corrected chi connectivity index (χ1v) is 8.36. The minimum atomic E-state index is 0.446.